The van der Waals surface area contributed by atoms with Gasteiger partial charge >= 0.3 is 24.7 Å². The number of alkyl halides is 12. The monoisotopic (exact) mass is 628 g/mol. The van der Waals surface area contributed by atoms with Gasteiger partial charge in [-0.3, -0.25) is 19.5 Å². The minimum atomic E-state index is -5.47. The molecule has 0 unspecified atom stereocenters. The van der Waals surface area contributed by atoms with Crippen molar-refractivity contribution in [1.29, 1.82) is 0 Å². The van der Waals surface area contributed by atoms with Crippen LogP contribution >= 0.6 is 11.6 Å². The van der Waals surface area contributed by atoms with Crippen molar-refractivity contribution in [3.8, 4) is 0 Å². The lowest BCUT2D eigenvalue weighted by Gasteiger charge is -2.19. The topological polar surface area (TPSA) is 90.1 Å². The Bertz CT molecular complexity index is 1530. The van der Waals surface area contributed by atoms with Crippen molar-refractivity contribution in [1.82, 2.24) is 9.55 Å². The molecule has 3 aromatic rings. The largest absolute Gasteiger partial charge is 0.435 e. The van der Waals surface area contributed by atoms with Crippen molar-refractivity contribution in [2.45, 2.75) is 31.2 Å². The zero-order valence-corrected chi connectivity index (χ0v) is 19.9. The third-order valence-corrected chi connectivity index (χ3v) is 5.48. The van der Waals surface area contributed by atoms with E-state index in [2.05, 4.69) is 4.98 Å². The van der Waals surface area contributed by atoms with Gasteiger partial charge in [0.25, 0.3) is 11.2 Å². The highest BCUT2D eigenvalue weighted by Gasteiger charge is 2.40. The molecule has 0 atom stereocenters. The second-order valence-corrected chi connectivity index (χ2v) is 8.39. The van der Waals surface area contributed by atoms with Crippen LogP contribution < -0.4 is 10.9 Å². The van der Waals surface area contributed by atoms with Crippen LogP contribution in [0.15, 0.2) is 41.2 Å². The van der Waals surface area contributed by atoms with Gasteiger partial charge in [-0.15, -0.1) is 0 Å². The Morgan fingerprint density at radius 1 is 0.805 bits per heavy atom. The summed E-state index contributed by atoms with van der Waals surface area (Å²) in [5, 5.41) is 11.5. The summed E-state index contributed by atoms with van der Waals surface area (Å²) in [5.41, 5.74) is -12.5. The first-order valence-electron chi connectivity index (χ1n) is 10.3. The first-order valence-corrected chi connectivity index (χ1v) is 10.7. The third-order valence-electron chi connectivity index (χ3n) is 5.14. The van der Waals surface area contributed by atoms with E-state index in [1.165, 1.54) is 0 Å². The predicted octanol–water partition coefficient (Wildman–Crippen LogP) is 7.67. The molecule has 0 aliphatic rings. The van der Waals surface area contributed by atoms with E-state index in [4.69, 9.17) is 11.6 Å². The highest BCUT2D eigenvalue weighted by atomic mass is 35.5. The molecule has 0 saturated carbocycles. The van der Waals surface area contributed by atoms with Crippen LogP contribution in [-0.2, 0) is 31.2 Å². The van der Waals surface area contributed by atoms with E-state index in [0.29, 0.717) is 6.07 Å². The second-order valence-electron chi connectivity index (χ2n) is 8.01. The Morgan fingerprint density at radius 3 is 1.76 bits per heavy atom. The summed E-state index contributed by atoms with van der Waals surface area (Å²) in [6.07, 6.45) is -21.3. The van der Waals surface area contributed by atoms with Crippen LogP contribution in [0, 0.1) is 10.1 Å². The van der Waals surface area contributed by atoms with E-state index in [1.807, 2.05) is 5.32 Å². The average Bonchev–Trinajstić information content (AvgIpc) is 2.81. The maximum absolute atomic E-state index is 13.5. The van der Waals surface area contributed by atoms with Gasteiger partial charge in [0.2, 0.25) is 5.95 Å². The summed E-state index contributed by atoms with van der Waals surface area (Å²) < 4.78 is 159. The summed E-state index contributed by atoms with van der Waals surface area (Å²) in [4.78, 5) is 25.7. The van der Waals surface area contributed by atoms with Crippen LogP contribution in [0.25, 0.3) is 0 Å². The van der Waals surface area contributed by atoms with Crippen LogP contribution in [0.2, 0.25) is 5.02 Å². The minimum absolute atomic E-state index is 0.0201. The van der Waals surface area contributed by atoms with Gasteiger partial charge in [-0.2, -0.15) is 52.7 Å². The Labute approximate surface area is 223 Å². The van der Waals surface area contributed by atoms with E-state index >= 15 is 0 Å². The van der Waals surface area contributed by atoms with Gasteiger partial charge in [0.05, 0.1) is 28.2 Å². The highest BCUT2D eigenvalue weighted by Crippen LogP contribution is 2.39. The molecule has 0 spiro atoms. The summed E-state index contributed by atoms with van der Waals surface area (Å²) in [7, 11) is 0. The highest BCUT2D eigenvalue weighted by molar-refractivity contribution is 6.31. The lowest BCUT2D eigenvalue weighted by molar-refractivity contribution is -0.384. The Hall–Kier alpha value is -4.03. The molecule has 1 N–H and O–H groups in total. The zero-order valence-electron chi connectivity index (χ0n) is 19.2. The van der Waals surface area contributed by atoms with Gasteiger partial charge in [0, 0.05) is 6.07 Å². The number of anilines is 2. The third kappa shape index (κ3) is 7.01. The lowest BCUT2D eigenvalue weighted by atomic mass is 10.0. The number of nitro groups is 1. The van der Waals surface area contributed by atoms with Gasteiger partial charge in [-0.05, 0) is 35.9 Å². The molecule has 0 aliphatic carbocycles. The van der Waals surface area contributed by atoms with Crippen molar-refractivity contribution in [3.05, 3.63) is 89.8 Å². The molecule has 0 aliphatic heterocycles. The van der Waals surface area contributed by atoms with Crippen molar-refractivity contribution in [2.75, 3.05) is 5.32 Å². The molecule has 1 aromatic heterocycles. The predicted molar refractivity (Wildman–Crippen MR) is 115 cm³/mol. The summed E-state index contributed by atoms with van der Waals surface area (Å²) >= 11 is 5.45. The van der Waals surface area contributed by atoms with E-state index in [0.717, 1.165) is 0 Å². The van der Waals surface area contributed by atoms with Crippen LogP contribution in [0.4, 0.5) is 70.0 Å². The van der Waals surface area contributed by atoms with Crippen LogP contribution in [0.3, 0.4) is 0 Å². The van der Waals surface area contributed by atoms with Gasteiger partial charge in [-0.1, -0.05) is 11.6 Å². The van der Waals surface area contributed by atoms with Gasteiger partial charge in [0.15, 0.2) is 5.69 Å². The fraction of sp³-hybridized carbons (Fsp3) is 0.238. The molecule has 20 heteroatoms. The maximum atomic E-state index is 13.5. The minimum Gasteiger partial charge on any atom is -0.320 e. The number of halogens is 13. The Morgan fingerprint density at radius 2 is 1.32 bits per heavy atom. The fourth-order valence-electron chi connectivity index (χ4n) is 3.34. The van der Waals surface area contributed by atoms with Crippen molar-refractivity contribution in [2.24, 2.45) is 0 Å². The van der Waals surface area contributed by atoms with E-state index in [9.17, 15) is 67.6 Å². The number of nitrogens with zero attached hydrogens (tertiary/aromatic N) is 3. The SMILES string of the molecule is O=c1c(Cl)c(C(F)(F)F)nc(Nc2ccc(C(F)(F)F)cc2[N+](=O)[O-])n1Cc1cc(C(F)(F)F)cc(C(F)(F)F)c1. The van der Waals surface area contributed by atoms with Gasteiger partial charge in [0.1, 0.15) is 10.7 Å². The Balaban J connectivity index is 2.29. The summed E-state index contributed by atoms with van der Waals surface area (Å²) in [5.74, 6) is -1.36. The molecule has 0 radical (unpaired) electrons. The van der Waals surface area contributed by atoms with Crippen molar-refractivity contribution in [3.63, 3.8) is 0 Å². The number of hydrogen-bond donors (Lipinski definition) is 1. The van der Waals surface area contributed by atoms with Crippen LogP contribution in [0.5, 0.6) is 0 Å². The Kier molecular flexibility index (Phi) is 8.01. The number of rotatable bonds is 5. The van der Waals surface area contributed by atoms with Gasteiger partial charge < -0.3 is 5.32 Å². The molecule has 41 heavy (non-hydrogen) atoms. The van der Waals surface area contributed by atoms with Gasteiger partial charge in [-0.25, -0.2) is 4.98 Å². The van der Waals surface area contributed by atoms with Crippen LogP contribution in [0.1, 0.15) is 27.9 Å². The van der Waals surface area contributed by atoms with E-state index in [1.54, 1.807) is 0 Å². The number of hydrogen-bond acceptors (Lipinski definition) is 5. The van der Waals surface area contributed by atoms with Crippen LogP contribution in [-0.4, -0.2) is 14.5 Å². The maximum Gasteiger partial charge on any atom is 0.435 e. The number of benzene rings is 2. The van der Waals surface area contributed by atoms with E-state index in [-0.39, 0.29) is 34.9 Å². The first kappa shape index (κ1) is 31.5. The smallest absolute Gasteiger partial charge is 0.320 e. The van der Waals surface area contributed by atoms with Crippen molar-refractivity contribution >= 4 is 28.9 Å². The molecule has 0 bridgehead atoms. The molecule has 222 valence electrons. The quantitative estimate of drug-likeness (QED) is 0.178. The number of nitro benzene ring substituents is 1. The van der Waals surface area contributed by atoms with E-state index < -0.39 is 92.0 Å². The standard InChI is InChI=1S/C21H9ClF12N4O3/c22-14-15(21(32,33)34)36-17(35-12-2-1-9(18(23,24)25)6-13(12)38(40)41)37(16(14)39)7-8-3-10(19(26,27)28)5-11(4-8)20(29,30)31/h1-6H,7H2,(H,35,36). The molecule has 1 heterocycles. The zero-order chi connectivity index (χ0) is 31.3. The molecule has 0 fully saturated rings. The lowest BCUT2D eigenvalue weighted by Crippen LogP contribution is -2.29. The number of nitrogens with one attached hydrogen (secondary N) is 1. The molecule has 2 aromatic carbocycles. The summed E-state index contributed by atoms with van der Waals surface area (Å²) in [6, 6.07) is 0.629. The van der Waals surface area contributed by atoms with Crippen molar-refractivity contribution < 1.29 is 57.6 Å². The molecule has 0 saturated heterocycles. The molecular weight excluding hydrogens is 620 g/mol. The molecule has 0 amide bonds. The fourth-order valence-corrected chi connectivity index (χ4v) is 3.59. The normalized spacial score (nSPS) is 12.9. The molecule has 7 nitrogen and oxygen atoms in total. The molecular formula is C21H9ClF12N4O3. The average molecular weight is 629 g/mol. The summed E-state index contributed by atoms with van der Waals surface area (Å²) in [6.45, 7) is -1.35. The number of aromatic nitrogens is 2. The second kappa shape index (κ2) is 10.4. The molecule has 3 rings (SSSR count). The first-order chi connectivity index (χ1) is 18.5.